The van der Waals surface area contributed by atoms with Crippen LogP contribution < -0.4 is 5.73 Å². The lowest BCUT2D eigenvalue weighted by Gasteiger charge is -2.10. The number of carboxylic acid groups (broad SMARTS) is 1. The van der Waals surface area contributed by atoms with Gasteiger partial charge in [0.1, 0.15) is 0 Å². The summed E-state index contributed by atoms with van der Waals surface area (Å²) in [6, 6.07) is 5.80. The van der Waals surface area contributed by atoms with Crippen LogP contribution in [-0.4, -0.2) is 22.2 Å². The molecule has 0 atom stereocenters. The molecule has 3 N–H and O–H groups in total. The van der Waals surface area contributed by atoms with Crippen LogP contribution in [0.15, 0.2) is 18.2 Å². The molecule has 2 rings (SSSR count). The number of hydrogen-bond acceptors (Lipinski definition) is 2. The Morgan fingerprint density at radius 1 is 1.41 bits per heavy atom. The van der Waals surface area contributed by atoms with E-state index in [2.05, 4.69) is 0 Å². The number of benzene rings is 1. The molecule has 0 bridgehead atoms. The lowest BCUT2D eigenvalue weighted by molar-refractivity contribution is 0.0698. The summed E-state index contributed by atoms with van der Waals surface area (Å²) in [6.45, 7) is 4.92. The Hall–Kier alpha value is -1.81. The van der Waals surface area contributed by atoms with E-state index in [1.165, 1.54) is 0 Å². The maximum absolute atomic E-state index is 11.4. The zero-order chi connectivity index (χ0) is 12.6. The van der Waals surface area contributed by atoms with Gasteiger partial charge in [0.15, 0.2) is 0 Å². The third-order valence-corrected chi connectivity index (χ3v) is 3.04. The number of nitrogens with two attached hydrogens (primary N) is 1. The smallest absolute Gasteiger partial charge is 0.338 e. The van der Waals surface area contributed by atoms with Crippen LogP contribution in [0.2, 0.25) is 0 Å². The summed E-state index contributed by atoms with van der Waals surface area (Å²) < 4.78 is 1.98. The lowest BCUT2D eigenvalue weighted by atomic mass is 10.1. The highest BCUT2D eigenvalue weighted by Crippen LogP contribution is 2.25. The number of nitrogens with zero attached hydrogens (tertiary/aromatic N) is 1. The van der Waals surface area contributed by atoms with Crippen molar-refractivity contribution in [1.82, 2.24) is 4.57 Å². The quantitative estimate of drug-likeness (QED) is 0.849. The molecule has 4 heteroatoms. The maximum Gasteiger partial charge on any atom is 0.338 e. The molecule has 0 aliphatic heterocycles. The fraction of sp³-hybridized carbons (Fsp3) is 0.308. The summed E-state index contributed by atoms with van der Waals surface area (Å²) in [7, 11) is 0. The van der Waals surface area contributed by atoms with Crippen LogP contribution in [0.3, 0.4) is 0 Å². The minimum Gasteiger partial charge on any atom is -0.478 e. The Kier molecular flexibility index (Phi) is 2.90. The summed E-state index contributed by atoms with van der Waals surface area (Å²) in [5.74, 6) is -0.885. The van der Waals surface area contributed by atoms with Gasteiger partial charge in [-0.15, -0.1) is 0 Å². The number of rotatable bonds is 3. The molecule has 0 saturated carbocycles. The van der Waals surface area contributed by atoms with Gasteiger partial charge in [0, 0.05) is 24.2 Å². The molecule has 0 aliphatic carbocycles. The van der Waals surface area contributed by atoms with Crippen LogP contribution >= 0.6 is 0 Å². The molecule has 0 saturated heterocycles. The Labute approximate surface area is 99.7 Å². The summed E-state index contributed by atoms with van der Waals surface area (Å²) in [5, 5.41) is 10.3. The minimum atomic E-state index is -0.885. The molecule has 0 fully saturated rings. The monoisotopic (exact) mass is 232 g/mol. The number of carbonyl (C=O) groups is 1. The van der Waals surface area contributed by atoms with E-state index in [1.807, 2.05) is 36.6 Å². The van der Waals surface area contributed by atoms with Crippen LogP contribution in [0.4, 0.5) is 0 Å². The average molecular weight is 232 g/mol. The van der Waals surface area contributed by atoms with Gasteiger partial charge in [0.05, 0.1) is 11.1 Å². The minimum absolute atomic E-state index is 0.379. The van der Waals surface area contributed by atoms with Crippen molar-refractivity contribution >= 4 is 16.9 Å². The van der Waals surface area contributed by atoms with Gasteiger partial charge in [0.2, 0.25) is 0 Å². The first-order valence-electron chi connectivity index (χ1n) is 5.59. The molecule has 0 amide bonds. The normalized spacial score (nSPS) is 11.0. The predicted octanol–water partition coefficient (Wildman–Crippen LogP) is 1.92. The van der Waals surface area contributed by atoms with Crippen LogP contribution in [0.25, 0.3) is 10.9 Å². The third kappa shape index (κ3) is 1.80. The first kappa shape index (κ1) is 11.7. The molecule has 1 aromatic heterocycles. The summed E-state index contributed by atoms with van der Waals surface area (Å²) in [4.78, 5) is 11.4. The van der Waals surface area contributed by atoms with Gasteiger partial charge in [-0.1, -0.05) is 12.1 Å². The van der Waals surface area contributed by atoms with Crippen molar-refractivity contribution in [3.8, 4) is 0 Å². The summed E-state index contributed by atoms with van der Waals surface area (Å²) >= 11 is 0. The molecule has 0 spiro atoms. The lowest BCUT2D eigenvalue weighted by Crippen LogP contribution is -2.13. The molecule has 1 aromatic carbocycles. The van der Waals surface area contributed by atoms with E-state index >= 15 is 0 Å². The predicted molar refractivity (Wildman–Crippen MR) is 67.4 cm³/mol. The maximum atomic E-state index is 11.4. The van der Waals surface area contributed by atoms with Gasteiger partial charge in [-0.25, -0.2) is 4.79 Å². The topological polar surface area (TPSA) is 68.2 Å². The Balaban J connectivity index is 2.85. The molecule has 0 unspecified atom stereocenters. The van der Waals surface area contributed by atoms with Crippen molar-refractivity contribution in [2.75, 3.05) is 6.54 Å². The van der Waals surface area contributed by atoms with Gasteiger partial charge in [0.25, 0.3) is 0 Å². The first-order valence-corrected chi connectivity index (χ1v) is 5.59. The molecular formula is C13H16N2O2. The van der Waals surface area contributed by atoms with Crippen LogP contribution in [-0.2, 0) is 6.54 Å². The van der Waals surface area contributed by atoms with Crippen LogP contribution in [0.5, 0.6) is 0 Å². The largest absolute Gasteiger partial charge is 0.478 e. The van der Waals surface area contributed by atoms with E-state index in [-0.39, 0.29) is 0 Å². The van der Waals surface area contributed by atoms with Crippen molar-refractivity contribution in [3.63, 3.8) is 0 Å². The highest BCUT2D eigenvalue weighted by atomic mass is 16.4. The molecule has 4 nitrogen and oxygen atoms in total. The number of fused-ring (bicyclic) bond motifs is 1. The molecule has 2 aromatic rings. The van der Waals surface area contributed by atoms with Crippen LogP contribution in [0, 0.1) is 13.8 Å². The fourth-order valence-electron chi connectivity index (χ4n) is 2.28. The highest BCUT2D eigenvalue weighted by molar-refractivity contribution is 6.04. The number of aromatic nitrogens is 1. The van der Waals surface area contributed by atoms with Crippen LogP contribution in [0.1, 0.15) is 21.6 Å². The third-order valence-electron chi connectivity index (χ3n) is 3.04. The number of aryl methyl sites for hydroxylation is 2. The molecule has 90 valence electrons. The van der Waals surface area contributed by atoms with E-state index in [4.69, 9.17) is 5.73 Å². The SMILES string of the molecule is Cc1ccc2cc(C)n(CCN)c2c1C(=O)O. The molecule has 1 heterocycles. The zero-order valence-electron chi connectivity index (χ0n) is 10.0. The van der Waals surface area contributed by atoms with Crippen molar-refractivity contribution < 1.29 is 9.90 Å². The van der Waals surface area contributed by atoms with E-state index in [0.29, 0.717) is 18.7 Å². The Morgan fingerprint density at radius 3 is 2.71 bits per heavy atom. The second-order valence-corrected chi connectivity index (χ2v) is 4.23. The second kappa shape index (κ2) is 4.22. The van der Waals surface area contributed by atoms with E-state index < -0.39 is 5.97 Å². The van der Waals surface area contributed by atoms with Gasteiger partial charge in [-0.3, -0.25) is 0 Å². The first-order chi connectivity index (χ1) is 8.06. The summed E-state index contributed by atoms with van der Waals surface area (Å²) in [5.41, 5.74) is 8.55. The molecular weight excluding hydrogens is 216 g/mol. The van der Waals surface area contributed by atoms with Crippen molar-refractivity contribution in [3.05, 3.63) is 35.0 Å². The molecule has 0 radical (unpaired) electrons. The second-order valence-electron chi connectivity index (χ2n) is 4.23. The molecule has 17 heavy (non-hydrogen) atoms. The van der Waals surface area contributed by atoms with Crippen molar-refractivity contribution in [1.29, 1.82) is 0 Å². The van der Waals surface area contributed by atoms with E-state index in [1.54, 1.807) is 0 Å². The van der Waals surface area contributed by atoms with Crippen molar-refractivity contribution in [2.24, 2.45) is 5.73 Å². The standard InChI is InChI=1S/C13H16N2O2/c1-8-3-4-10-7-9(2)15(6-5-14)12(10)11(8)13(16)17/h3-4,7H,5-6,14H2,1-2H3,(H,16,17). The highest BCUT2D eigenvalue weighted by Gasteiger charge is 2.16. The van der Waals surface area contributed by atoms with E-state index in [9.17, 15) is 9.90 Å². The number of carboxylic acids is 1. The zero-order valence-corrected chi connectivity index (χ0v) is 10.0. The number of hydrogen-bond donors (Lipinski definition) is 2. The average Bonchev–Trinajstić information content (AvgIpc) is 2.56. The van der Waals surface area contributed by atoms with Gasteiger partial charge in [-0.05, 0) is 25.5 Å². The fourth-order valence-corrected chi connectivity index (χ4v) is 2.28. The van der Waals surface area contributed by atoms with Gasteiger partial charge in [-0.2, -0.15) is 0 Å². The van der Waals surface area contributed by atoms with Gasteiger partial charge >= 0.3 is 5.97 Å². The van der Waals surface area contributed by atoms with Gasteiger partial charge < -0.3 is 15.4 Å². The summed E-state index contributed by atoms with van der Waals surface area (Å²) in [6.07, 6.45) is 0. The van der Waals surface area contributed by atoms with E-state index in [0.717, 1.165) is 22.2 Å². The number of aromatic carboxylic acids is 1. The van der Waals surface area contributed by atoms with Crippen molar-refractivity contribution in [2.45, 2.75) is 20.4 Å². The Bertz CT molecular complexity index is 585. The molecule has 0 aliphatic rings. The Morgan fingerprint density at radius 2 is 2.12 bits per heavy atom.